The Morgan fingerprint density at radius 1 is 1.37 bits per heavy atom. The molecule has 1 aromatic heterocycles. The zero-order chi connectivity index (χ0) is 13.6. The van der Waals surface area contributed by atoms with Gasteiger partial charge in [0.15, 0.2) is 5.69 Å². The molecule has 0 unspecified atom stereocenters. The molecule has 2 aliphatic carbocycles. The normalized spacial score (nSPS) is 27.2. The lowest BCUT2D eigenvalue weighted by Gasteiger charge is -2.31. The van der Waals surface area contributed by atoms with Gasteiger partial charge < -0.3 is 10.5 Å². The maximum absolute atomic E-state index is 12.6. The van der Waals surface area contributed by atoms with Gasteiger partial charge in [0.2, 0.25) is 5.88 Å². The minimum absolute atomic E-state index is 0.0646. The van der Waals surface area contributed by atoms with Gasteiger partial charge in [0.25, 0.3) is 0 Å². The zero-order valence-corrected chi connectivity index (χ0v) is 10.4. The molecule has 0 aliphatic heterocycles. The van der Waals surface area contributed by atoms with Crippen LogP contribution in [-0.2, 0) is 6.18 Å². The van der Waals surface area contributed by atoms with E-state index in [1.807, 2.05) is 0 Å². The minimum atomic E-state index is -4.42. The number of halogens is 3. The van der Waals surface area contributed by atoms with E-state index >= 15 is 0 Å². The largest absolute Gasteiger partial charge is 0.478 e. The van der Waals surface area contributed by atoms with Crippen molar-refractivity contribution in [2.24, 2.45) is 11.7 Å². The summed E-state index contributed by atoms with van der Waals surface area (Å²) in [6.07, 6.45) is -0.933. The Morgan fingerprint density at radius 3 is 2.58 bits per heavy atom. The zero-order valence-electron chi connectivity index (χ0n) is 10.4. The summed E-state index contributed by atoms with van der Waals surface area (Å²) < 4.78 is 44.8. The molecule has 1 heterocycles. The van der Waals surface area contributed by atoms with Crippen molar-refractivity contribution in [2.75, 3.05) is 6.61 Å². The first-order valence-corrected chi connectivity index (χ1v) is 6.48. The summed E-state index contributed by atoms with van der Waals surface area (Å²) in [5.41, 5.74) is 4.79. The third-order valence-corrected chi connectivity index (χ3v) is 3.62. The quantitative estimate of drug-likeness (QED) is 0.917. The number of rotatable bonds is 4. The van der Waals surface area contributed by atoms with E-state index in [0.717, 1.165) is 31.7 Å². The van der Waals surface area contributed by atoms with E-state index in [0.29, 0.717) is 12.5 Å². The highest BCUT2D eigenvalue weighted by atomic mass is 19.4. The van der Waals surface area contributed by atoms with Crippen LogP contribution in [0, 0.1) is 5.92 Å². The maximum atomic E-state index is 12.6. The Hall–Kier alpha value is -1.24. The maximum Gasteiger partial charge on any atom is 0.435 e. The van der Waals surface area contributed by atoms with E-state index in [4.69, 9.17) is 10.5 Å². The van der Waals surface area contributed by atoms with Gasteiger partial charge >= 0.3 is 6.18 Å². The van der Waals surface area contributed by atoms with Crippen molar-refractivity contribution in [1.29, 1.82) is 0 Å². The lowest BCUT2D eigenvalue weighted by Crippen LogP contribution is -2.39. The van der Waals surface area contributed by atoms with Crippen molar-refractivity contribution in [1.82, 2.24) is 9.78 Å². The molecule has 0 bridgehead atoms. The van der Waals surface area contributed by atoms with Crippen LogP contribution in [0.25, 0.3) is 0 Å². The van der Waals surface area contributed by atoms with Gasteiger partial charge in [-0.05, 0) is 31.6 Å². The number of hydrogen-bond donors (Lipinski definition) is 1. The predicted molar refractivity (Wildman–Crippen MR) is 61.7 cm³/mol. The van der Waals surface area contributed by atoms with Crippen molar-refractivity contribution in [3.63, 3.8) is 0 Å². The summed E-state index contributed by atoms with van der Waals surface area (Å²) in [6.45, 7) is 0.420. The molecular formula is C12H16F3N3O. The Morgan fingerprint density at radius 2 is 2.05 bits per heavy atom. The average molecular weight is 275 g/mol. The molecule has 0 amide bonds. The average Bonchev–Trinajstić information content (AvgIpc) is 3.02. The van der Waals surface area contributed by atoms with Crippen molar-refractivity contribution in [3.05, 3.63) is 11.8 Å². The molecule has 7 heteroatoms. The molecule has 19 heavy (non-hydrogen) atoms. The summed E-state index contributed by atoms with van der Waals surface area (Å²) in [6, 6.07) is 1.28. The Balaban J connectivity index is 1.70. The summed E-state index contributed by atoms with van der Waals surface area (Å²) in [5, 5.41) is 3.62. The lowest BCUT2D eigenvalue weighted by molar-refractivity contribution is -0.141. The molecule has 0 radical (unpaired) electrons. The van der Waals surface area contributed by atoms with E-state index in [9.17, 15) is 13.2 Å². The monoisotopic (exact) mass is 275 g/mol. The number of aromatic nitrogens is 2. The Labute approximate surface area is 108 Å². The smallest absolute Gasteiger partial charge is 0.435 e. The number of nitrogens with two attached hydrogens (primary N) is 1. The standard InChI is InChI=1S/C12H16F3N3O/c13-12(14,15)10-5-11(18(17-10)9-1-2-9)19-6-7-3-8(16)4-7/h5,7-9H,1-4,6,16H2/t7-,8+. The second kappa shape index (κ2) is 4.40. The number of hydrogen-bond acceptors (Lipinski definition) is 3. The first kappa shape index (κ1) is 12.8. The molecule has 0 saturated heterocycles. The van der Waals surface area contributed by atoms with Crippen LogP contribution in [0.2, 0.25) is 0 Å². The lowest BCUT2D eigenvalue weighted by atomic mass is 9.82. The molecule has 2 fully saturated rings. The van der Waals surface area contributed by atoms with Gasteiger partial charge in [-0.25, -0.2) is 4.68 Å². The van der Waals surface area contributed by atoms with E-state index in [1.54, 1.807) is 0 Å². The molecule has 2 aliphatic rings. The Bertz CT molecular complexity index is 461. The van der Waals surface area contributed by atoms with E-state index in [1.165, 1.54) is 4.68 Å². The van der Waals surface area contributed by atoms with Crippen molar-refractivity contribution < 1.29 is 17.9 Å². The third kappa shape index (κ3) is 2.70. The number of nitrogens with zero attached hydrogens (tertiary/aromatic N) is 2. The van der Waals surface area contributed by atoms with Crippen LogP contribution in [-0.4, -0.2) is 22.4 Å². The summed E-state index contributed by atoms with van der Waals surface area (Å²) >= 11 is 0. The van der Waals surface area contributed by atoms with Gasteiger partial charge in [-0.3, -0.25) is 0 Å². The molecule has 0 spiro atoms. The van der Waals surface area contributed by atoms with Gasteiger partial charge in [-0.15, -0.1) is 0 Å². The van der Waals surface area contributed by atoms with Crippen LogP contribution in [0.5, 0.6) is 5.88 Å². The van der Waals surface area contributed by atoms with Crippen molar-refractivity contribution >= 4 is 0 Å². The second-order valence-electron chi connectivity index (χ2n) is 5.45. The molecule has 0 atom stereocenters. The van der Waals surface area contributed by atoms with Crippen LogP contribution in [0.1, 0.15) is 37.4 Å². The first-order valence-electron chi connectivity index (χ1n) is 6.48. The van der Waals surface area contributed by atoms with E-state index < -0.39 is 11.9 Å². The molecule has 106 valence electrons. The molecule has 0 aromatic carbocycles. The van der Waals surface area contributed by atoms with Crippen LogP contribution in [0.15, 0.2) is 6.07 Å². The van der Waals surface area contributed by atoms with Gasteiger partial charge in [-0.1, -0.05) is 0 Å². The second-order valence-corrected chi connectivity index (χ2v) is 5.45. The third-order valence-electron chi connectivity index (χ3n) is 3.62. The van der Waals surface area contributed by atoms with E-state index in [2.05, 4.69) is 5.10 Å². The fourth-order valence-corrected chi connectivity index (χ4v) is 2.33. The molecule has 3 rings (SSSR count). The SMILES string of the molecule is N[C@H]1C[C@@H](COc2cc(C(F)(F)F)nn2C2CC2)C1. The number of ether oxygens (including phenoxy) is 1. The highest BCUT2D eigenvalue weighted by molar-refractivity contribution is 5.20. The van der Waals surface area contributed by atoms with Crippen LogP contribution in [0.3, 0.4) is 0 Å². The highest BCUT2D eigenvalue weighted by Crippen LogP contribution is 2.40. The summed E-state index contributed by atoms with van der Waals surface area (Å²) in [7, 11) is 0. The van der Waals surface area contributed by atoms with Crippen LogP contribution >= 0.6 is 0 Å². The van der Waals surface area contributed by atoms with Crippen LogP contribution < -0.4 is 10.5 Å². The van der Waals surface area contributed by atoms with Crippen molar-refractivity contribution in [3.8, 4) is 5.88 Å². The minimum Gasteiger partial charge on any atom is -0.478 e. The van der Waals surface area contributed by atoms with Gasteiger partial charge in [-0.2, -0.15) is 18.3 Å². The summed E-state index contributed by atoms with van der Waals surface area (Å²) in [5.74, 6) is 0.585. The first-order chi connectivity index (χ1) is 8.93. The van der Waals surface area contributed by atoms with E-state index in [-0.39, 0.29) is 18.0 Å². The number of alkyl halides is 3. The molecule has 2 saturated carbocycles. The summed E-state index contributed by atoms with van der Waals surface area (Å²) in [4.78, 5) is 0. The topological polar surface area (TPSA) is 53.1 Å². The molecule has 4 nitrogen and oxygen atoms in total. The van der Waals surface area contributed by atoms with Crippen molar-refractivity contribution in [2.45, 2.75) is 43.9 Å². The molecule has 1 aromatic rings. The fraction of sp³-hybridized carbons (Fsp3) is 0.750. The van der Waals surface area contributed by atoms with Gasteiger partial charge in [0, 0.05) is 12.1 Å². The predicted octanol–water partition coefficient (Wildman–Crippen LogP) is 2.35. The fourth-order valence-electron chi connectivity index (χ4n) is 2.33. The van der Waals surface area contributed by atoms with Gasteiger partial charge in [0.05, 0.1) is 12.6 Å². The Kier molecular flexibility index (Phi) is 2.96. The van der Waals surface area contributed by atoms with Crippen LogP contribution in [0.4, 0.5) is 13.2 Å². The van der Waals surface area contributed by atoms with Gasteiger partial charge in [0.1, 0.15) is 0 Å². The highest BCUT2D eigenvalue weighted by Gasteiger charge is 2.38. The molecular weight excluding hydrogens is 259 g/mol. The molecule has 2 N–H and O–H groups in total.